The molecule has 2 aliphatic rings. The van der Waals surface area contributed by atoms with Crippen molar-refractivity contribution in [2.24, 2.45) is 5.14 Å². The van der Waals surface area contributed by atoms with Gasteiger partial charge in [-0.3, -0.25) is 0 Å². The van der Waals surface area contributed by atoms with Crippen LogP contribution in [0.4, 0.5) is 5.69 Å². The molecule has 2 aromatic rings. The monoisotopic (exact) mass is 636 g/mol. The molecule has 13 heteroatoms. The highest BCUT2D eigenvalue weighted by atomic mass is 32.2. The number of rotatable bonds is 13. The van der Waals surface area contributed by atoms with E-state index in [1.807, 2.05) is 6.07 Å². The van der Waals surface area contributed by atoms with E-state index in [2.05, 4.69) is 60.4 Å². The predicted octanol–water partition coefficient (Wildman–Crippen LogP) is 1.03. The highest BCUT2D eigenvalue weighted by Gasteiger charge is 2.25. The van der Waals surface area contributed by atoms with Crippen LogP contribution in [-0.4, -0.2) is 83.8 Å². The van der Waals surface area contributed by atoms with E-state index in [0.717, 1.165) is 49.9 Å². The Labute approximate surface area is 264 Å². The maximum Gasteiger partial charge on any atom is 0.238 e. The number of benzene rings is 1. The molecule has 1 heterocycles. The van der Waals surface area contributed by atoms with Gasteiger partial charge < -0.3 is 29.6 Å². The van der Waals surface area contributed by atoms with Crippen LogP contribution in [0.1, 0.15) is 44.2 Å². The third kappa shape index (κ3) is 9.03. The van der Waals surface area contributed by atoms with Gasteiger partial charge in [0, 0.05) is 54.6 Å². The molecule has 44 heavy (non-hydrogen) atoms. The molecular formula is C31H42BN6O4PS. The Morgan fingerprint density at radius 1 is 1.27 bits per heavy atom. The second kappa shape index (κ2) is 15.8. The Morgan fingerprint density at radius 3 is 2.73 bits per heavy atom. The minimum atomic E-state index is -3.92. The smallest absolute Gasteiger partial charge is 0.238 e. The largest absolute Gasteiger partial charge is 0.477 e. The van der Waals surface area contributed by atoms with Crippen molar-refractivity contribution in [1.82, 2.24) is 14.8 Å². The van der Waals surface area contributed by atoms with Crippen LogP contribution in [0.3, 0.4) is 0 Å². The number of nitriles is 1. The van der Waals surface area contributed by atoms with Crippen LogP contribution in [0.25, 0.3) is 11.8 Å². The molecule has 0 amide bonds. The lowest BCUT2D eigenvalue weighted by Gasteiger charge is -2.35. The molecule has 1 fully saturated rings. The SMILES string of the molecule is [B]C(P)Cn1c(C#CCNc2ccc(S(N)(=O)=O)cc2OCC#N)cc2c1=CCCC=2NC1CCC(N(C)CCOC)CC1. The van der Waals surface area contributed by atoms with E-state index in [9.17, 15) is 8.42 Å². The Balaban J connectivity index is 1.52. The van der Waals surface area contributed by atoms with Gasteiger partial charge in [0.1, 0.15) is 11.8 Å². The molecule has 1 aromatic heterocycles. The summed E-state index contributed by atoms with van der Waals surface area (Å²) >= 11 is 0. The normalized spacial score (nSPS) is 18.8. The molecule has 1 saturated carbocycles. The van der Waals surface area contributed by atoms with Crippen molar-refractivity contribution in [2.75, 3.05) is 45.8 Å². The van der Waals surface area contributed by atoms with Crippen molar-refractivity contribution >= 4 is 44.6 Å². The van der Waals surface area contributed by atoms with E-state index in [0.29, 0.717) is 24.3 Å². The average molecular weight is 637 g/mol. The molecule has 1 aromatic carbocycles. The van der Waals surface area contributed by atoms with Crippen LogP contribution in [0.5, 0.6) is 5.75 Å². The van der Waals surface area contributed by atoms with E-state index in [-0.39, 0.29) is 29.4 Å². The third-order valence-corrected chi connectivity index (χ3v) is 9.21. The van der Waals surface area contributed by atoms with Gasteiger partial charge in [-0.25, -0.2) is 13.6 Å². The minimum Gasteiger partial charge on any atom is -0.477 e. The predicted molar refractivity (Wildman–Crippen MR) is 178 cm³/mol. The Bertz CT molecular complexity index is 1640. The second-order valence-corrected chi connectivity index (χ2v) is 13.7. The fourth-order valence-corrected chi connectivity index (χ4v) is 6.57. The number of hydrogen-bond acceptors (Lipinski definition) is 8. The Hall–Kier alpha value is -2.99. The lowest BCUT2D eigenvalue weighted by Crippen LogP contribution is -2.44. The van der Waals surface area contributed by atoms with Crippen molar-refractivity contribution < 1.29 is 17.9 Å². The molecule has 2 unspecified atom stereocenters. The summed E-state index contributed by atoms with van der Waals surface area (Å²) in [7, 11) is 8.90. The molecule has 10 nitrogen and oxygen atoms in total. The van der Waals surface area contributed by atoms with E-state index in [1.165, 1.54) is 35.9 Å². The van der Waals surface area contributed by atoms with Gasteiger partial charge in [0.05, 0.1) is 37.3 Å². The number of methoxy groups -OCH3 is 1. The van der Waals surface area contributed by atoms with Gasteiger partial charge in [-0.05, 0) is 75.3 Å². The van der Waals surface area contributed by atoms with Crippen LogP contribution in [0.2, 0.25) is 0 Å². The molecule has 0 saturated heterocycles. The van der Waals surface area contributed by atoms with E-state index < -0.39 is 10.0 Å². The van der Waals surface area contributed by atoms with Crippen molar-refractivity contribution in [3.8, 4) is 23.7 Å². The first-order chi connectivity index (χ1) is 21.1. The Morgan fingerprint density at radius 2 is 2.05 bits per heavy atom. The van der Waals surface area contributed by atoms with Crippen LogP contribution >= 0.6 is 9.24 Å². The van der Waals surface area contributed by atoms with Crippen LogP contribution < -0.4 is 31.1 Å². The van der Waals surface area contributed by atoms with Gasteiger partial charge in [0.25, 0.3) is 0 Å². The van der Waals surface area contributed by atoms with Gasteiger partial charge in [0.15, 0.2) is 6.61 Å². The number of primary sulfonamides is 1. The first-order valence-electron chi connectivity index (χ1n) is 14.9. The number of nitrogens with zero attached hydrogens (tertiary/aromatic N) is 3. The van der Waals surface area contributed by atoms with E-state index >= 15 is 0 Å². The summed E-state index contributed by atoms with van der Waals surface area (Å²) < 4.78 is 36.4. The van der Waals surface area contributed by atoms with Gasteiger partial charge >= 0.3 is 0 Å². The standard InChI is InChI=1S/C31H42BN6O4PS/c1-37(16-18-41-2)23-10-8-22(9-11-23)36-27-6-3-7-29-26(27)19-24(38(29)21-31(32)43)5-4-15-35-28-13-12-25(44(34,39)40)20-30(28)42-17-14-33/h7,12-13,19-20,22-23,31,35-36H,3,6,8-11,15-18,21,43H2,1-2H3,(H2,34,39,40). The van der Waals surface area contributed by atoms with Gasteiger partial charge in [-0.15, -0.1) is 9.24 Å². The summed E-state index contributed by atoms with van der Waals surface area (Å²) in [5, 5.41) is 23.6. The fraction of sp³-hybridized carbons (Fsp3) is 0.516. The number of sulfonamides is 1. The molecule has 234 valence electrons. The van der Waals surface area contributed by atoms with Crippen molar-refractivity contribution in [3.05, 3.63) is 40.5 Å². The number of likely N-dealkylation sites (N-methyl/N-ethyl adjacent to an activating group) is 1. The summed E-state index contributed by atoms with van der Waals surface area (Å²) in [6, 6.07) is 9.33. The maximum absolute atomic E-state index is 11.8. The lowest BCUT2D eigenvalue weighted by molar-refractivity contribution is 0.118. The summed E-state index contributed by atoms with van der Waals surface area (Å²) in [6.45, 7) is 2.36. The summed E-state index contributed by atoms with van der Waals surface area (Å²) in [5.41, 5.74) is 2.53. The first kappa shape index (κ1) is 33.9. The molecular weight excluding hydrogens is 594 g/mol. The number of anilines is 1. The molecule has 2 atom stereocenters. The quantitative estimate of drug-likeness (QED) is 0.169. The zero-order valence-electron chi connectivity index (χ0n) is 25.5. The maximum atomic E-state index is 11.8. The number of ether oxygens (including phenoxy) is 2. The van der Waals surface area contributed by atoms with Gasteiger partial charge in [-0.1, -0.05) is 12.0 Å². The number of aromatic nitrogens is 1. The fourth-order valence-electron chi connectivity index (χ4n) is 5.83. The molecule has 2 radical (unpaired) electrons. The number of nitrogens with two attached hydrogens (primary N) is 1. The van der Waals surface area contributed by atoms with Crippen LogP contribution in [0.15, 0.2) is 29.2 Å². The van der Waals surface area contributed by atoms with E-state index in [4.69, 9.17) is 27.7 Å². The Kier molecular flexibility index (Phi) is 12.2. The lowest BCUT2D eigenvalue weighted by atomic mass is 9.90. The number of hydrogen-bond donors (Lipinski definition) is 3. The van der Waals surface area contributed by atoms with Gasteiger partial charge in [-0.2, -0.15) is 5.26 Å². The molecule has 0 spiro atoms. The topological polar surface area (TPSA) is 135 Å². The van der Waals surface area contributed by atoms with Crippen LogP contribution in [-0.2, 0) is 21.3 Å². The van der Waals surface area contributed by atoms with Crippen molar-refractivity contribution in [1.29, 1.82) is 5.26 Å². The highest BCUT2D eigenvalue weighted by molar-refractivity contribution is 7.89. The summed E-state index contributed by atoms with van der Waals surface area (Å²) in [4.78, 5) is 2.32. The average Bonchev–Trinajstić information content (AvgIpc) is 3.34. The molecule has 0 aliphatic heterocycles. The minimum absolute atomic E-state index is 0.0985. The zero-order chi connectivity index (χ0) is 31.7. The summed E-state index contributed by atoms with van der Waals surface area (Å²) in [6.07, 6.45) is 8.80. The molecule has 2 aliphatic carbocycles. The zero-order valence-corrected chi connectivity index (χ0v) is 27.5. The molecule has 4 N–H and O–H groups in total. The first-order valence-corrected chi connectivity index (χ1v) is 17.1. The summed E-state index contributed by atoms with van der Waals surface area (Å²) in [5.74, 6) is 6.69. The number of nitrogens with one attached hydrogen (secondary N) is 2. The van der Waals surface area contributed by atoms with Crippen molar-refractivity contribution in [3.63, 3.8) is 0 Å². The van der Waals surface area contributed by atoms with Gasteiger partial charge in [0.2, 0.25) is 10.0 Å². The second-order valence-electron chi connectivity index (χ2n) is 11.3. The third-order valence-electron chi connectivity index (χ3n) is 8.09. The highest BCUT2D eigenvalue weighted by Crippen LogP contribution is 2.27. The molecule has 0 bridgehead atoms. The van der Waals surface area contributed by atoms with E-state index in [1.54, 1.807) is 13.2 Å². The van der Waals surface area contributed by atoms with Crippen LogP contribution in [0, 0.1) is 23.2 Å². The number of fused-ring (bicyclic) bond motifs is 1. The van der Waals surface area contributed by atoms with Crippen molar-refractivity contribution in [2.45, 2.75) is 67.6 Å². The molecule has 4 rings (SSSR count).